The van der Waals surface area contributed by atoms with Gasteiger partial charge in [-0.1, -0.05) is 13.8 Å². The molecule has 2 fully saturated rings. The summed E-state index contributed by atoms with van der Waals surface area (Å²) in [6.07, 6.45) is 0.274. The Hall–Kier alpha value is -0.160. The van der Waals surface area contributed by atoms with Gasteiger partial charge >= 0.3 is 0 Å². The molecule has 0 bridgehead atoms. The summed E-state index contributed by atoms with van der Waals surface area (Å²) in [6, 6.07) is 0. The molecule has 0 amide bonds. The molecule has 4 nitrogen and oxygen atoms in total. The van der Waals surface area contributed by atoms with Gasteiger partial charge in [0.25, 0.3) is 0 Å². The van der Waals surface area contributed by atoms with E-state index in [1.807, 2.05) is 0 Å². The maximum absolute atomic E-state index is 5.74. The van der Waals surface area contributed by atoms with Gasteiger partial charge < -0.3 is 19.7 Å². The van der Waals surface area contributed by atoms with Crippen molar-refractivity contribution in [1.29, 1.82) is 0 Å². The second kappa shape index (κ2) is 6.69. The minimum atomic E-state index is 0.274. The fourth-order valence-electron chi connectivity index (χ4n) is 2.74. The summed E-state index contributed by atoms with van der Waals surface area (Å²) in [5, 5.41) is 3.53. The van der Waals surface area contributed by atoms with Gasteiger partial charge in [0.1, 0.15) is 0 Å². The molecule has 100 valence electrons. The second-order valence-electron chi connectivity index (χ2n) is 5.65. The van der Waals surface area contributed by atoms with E-state index >= 15 is 0 Å². The Bertz CT molecular complexity index is 207. The van der Waals surface area contributed by atoms with E-state index in [0.29, 0.717) is 11.8 Å². The minimum Gasteiger partial charge on any atom is -0.376 e. The molecule has 2 heterocycles. The van der Waals surface area contributed by atoms with E-state index in [1.165, 1.54) is 0 Å². The number of nitrogens with zero attached hydrogens (tertiary/aromatic N) is 1. The lowest BCUT2D eigenvalue weighted by Crippen LogP contribution is -2.47. The average molecular weight is 242 g/mol. The van der Waals surface area contributed by atoms with E-state index in [9.17, 15) is 0 Å². The van der Waals surface area contributed by atoms with Crippen LogP contribution in [0.25, 0.3) is 0 Å². The highest BCUT2D eigenvalue weighted by Gasteiger charge is 2.22. The topological polar surface area (TPSA) is 33.7 Å². The fourth-order valence-corrected chi connectivity index (χ4v) is 2.74. The van der Waals surface area contributed by atoms with Crippen molar-refractivity contribution in [2.24, 2.45) is 11.8 Å². The van der Waals surface area contributed by atoms with Gasteiger partial charge in [0, 0.05) is 19.6 Å². The van der Waals surface area contributed by atoms with Gasteiger partial charge in [0.05, 0.1) is 25.9 Å². The molecule has 0 aliphatic carbocycles. The van der Waals surface area contributed by atoms with Crippen LogP contribution in [0.5, 0.6) is 0 Å². The van der Waals surface area contributed by atoms with Gasteiger partial charge in [-0.15, -0.1) is 0 Å². The fraction of sp³-hybridized carbons (Fsp3) is 1.00. The van der Waals surface area contributed by atoms with E-state index in [2.05, 4.69) is 24.1 Å². The zero-order chi connectivity index (χ0) is 12.1. The Morgan fingerprint density at radius 1 is 1.12 bits per heavy atom. The van der Waals surface area contributed by atoms with Crippen LogP contribution in [0.15, 0.2) is 0 Å². The van der Waals surface area contributed by atoms with Crippen molar-refractivity contribution >= 4 is 0 Å². The molecule has 0 aromatic rings. The summed E-state index contributed by atoms with van der Waals surface area (Å²) in [5.74, 6) is 1.43. The lowest BCUT2D eigenvalue weighted by molar-refractivity contribution is -0.0993. The highest BCUT2D eigenvalue weighted by molar-refractivity contribution is 4.76. The first-order valence-electron chi connectivity index (χ1n) is 6.86. The van der Waals surface area contributed by atoms with Crippen LogP contribution in [0.3, 0.4) is 0 Å². The normalized spacial score (nSPS) is 37.4. The van der Waals surface area contributed by atoms with Crippen molar-refractivity contribution in [3.8, 4) is 0 Å². The molecule has 0 spiro atoms. The zero-order valence-electron chi connectivity index (χ0n) is 11.2. The van der Waals surface area contributed by atoms with E-state index < -0.39 is 0 Å². The molecule has 2 saturated heterocycles. The maximum Gasteiger partial charge on any atom is 0.0936 e. The monoisotopic (exact) mass is 242 g/mol. The second-order valence-corrected chi connectivity index (χ2v) is 5.65. The number of hydrogen-bond acceptors (Lipinski definition) is 4. The van der Waals surface area contributed by atoms with Crippen molar-refractivity contribution in [3.05, 3.63) is 0 Å². The summed E-state index contributed by atoms with van der Waals surface area (Å²) in [5.41, 5.74) is 0. The molecule has 4 heteroatoms. The van der Waals surface area contributed by atoms with Crippen LogP contribution in [-0.4, -0.2) is 63.5 Å². The highest BCUT2D eigenvalue weighted by Crippen LogP contribution is 2.10. The largest absolute Gasteiger partial charge is 0.376 e. The molecule has 0 aromatic carbocycles. The average Bonchev–Trinajstić information content (AvgIpc) is 2.28. The third-order valence-corrected chi connectivity index (χ3v) is 3.47. The first kappa shape index (κ1) is 13.3. The lowest BCUT2D eigenvalue weighted by atomic mass is 10.1. The Balaban J connectivity index is 1.82. The Morgan fingerprint density at radius 3 is 2.41 bits per heavy atom. The van der Waals surface area contributed by atoms with Crippen molar-refractivity contribution in [3.63, 3.8) is 0 Å². The number of hydrogen-bond donors (Lipinski definition) is 1. The zero-order valence-corrected chi connectivity index (χ0v) is 11.2. The summed E-state index contributed by atoms with van der Waals surface area (Å²) in [6.45, 7) is 12.5. The van der Waals surface area contributed by atoms with Crippen LogP contribution in [0.4, 0.5) is 0 Å². The summed E-state index contributed by atoms with van der Waals surface area (Å²) >= 11 is 0. The standard InChI is InChI=1S/C13H26N2O2/c1-11-5-14-6-12(2)8-15(7-11)9-13-10-16-3-4-17-13/h11-14H,3-10H2,1-2H3. The highest BCUT2D eigenvalue weighted by atomic mass is 16.6. The Kier molecular flexibility index (Phi) is 5.22. The molecule has 0 saturated carbocycles. The molecule has 2 aliphatic rings. The molecule has 0 aromatic heterocycles. The quantitative estimate of drug-likeness (QED) is 0.768. The lowest BCUT2D eigenvalue weighted by Gasteiger charge is -2.35. The van der Waals surface area contributed by atoms with Crippen LogP contribution in [-0.2, 0) is 9.47 Å². The van der Waals surface area contributed by atoms with Crippen molar-refractivity contribution in [2.75, 3.05) is 52.5 Å². The molecule has 3 atom stereocenters. The number of nitrogens with one attached hydrogen (secondary N) is 1. The van der Waals surface area contributed by atoms with E-state index in [0.717, 1.165) is 52.5 Å². The molecular weight excluding hydrogens is 216 g/mol. The van der Waals surface area contributed by atoms with Gasteiger partial charge in [-0.05, 0) is 24.9 Å². The number of ether oxygens (including phenoxy) is 2. The first-order valence-corrected chi connectivity index (χ1v) is 6.86. The number of rotatable bonds is 2. The summed E-state index contributed by atoms with van der Waals surface area (Å²) in [4.78, 5) is 2.55. The first-order chi connectivity index (χ1) is 8.24. The van der Waals surface area contributed by atoms with Gasteiger partial charge in [-0.2, -0.15) is 0 Å². The SMILES string of the molecule is CC1CNCC(C)CN(CC2COCCO2)C1. The molecule has 2 rings (SSSR count). The molecule has 1 N–H and O–H groups in total. The van der Waals surface area contributed by atoms with Gasteiger partial charge in [0.15, 0.2) is 0 Å². The van der Waals surface area contributed by atoms with Crippen LogP contribution in [0.2, 0.25) is 0 Å². The van der Waals surface area contributed by atoms with Crippen LogP contribution >= 0.6 is 0 Å². The van der Waals surface area contributed by atoms with Gasteiger partial charge in [-0.3, -0.25) is 0 Å². The summed E-state index contributed by atoms with van der Waals surface area (Å²) in [7, 11) is 0. The van der Waals surface area contributed by atoms with Crippen molar-refractivity contribution in [1.82, 2.24) is 10.2 Å². The molecule has 0 radical (unpaired) electrons. The third-order valence-electron chi connectivity index (χ3n) is 3.47. The van der Waals surface area contributed by atoms with E-state index in [4.69, 9.17) is 9.47 Å². The van der Waals surface area contributed by atoms with Crippen LogP contribution in [0, 0.1) is 11.8 Å². The van der Waals surface area contributed by atoms with Crippen LogP contribution in [0.1, 0.15) is 13.8 Å². The Labute approximate surface area is 105 Å². The smallest absolute Gasteiger partial charge is 0.0936 e. The molecule has 17 heavy (non-hydrogen) atoms. The van der Waals surface area contributed by atoms with Gasteiger partial charge in [0.2, 0.25) is 0 Å². The molecule has 2 aliphatic heterocycles. The van der Waals surface area contributed by atoms with Crippen molar-refractivity contribution < 1.29 is 9.47 Å². The van der Waals surface area contributed by atoms with Crippen LogP contribution < -0.4 is 5.32 Å². The third kappa shape index (κ3) is 4.54. The van der Waals surface area contributed by atoms with Gasteiger partial charge in [-0.25, -0.2) is 0 Å². The Morgan fingerprint density at radius 2 is 1.82 bits per heavy atom. The maximum atomic E-state index is 5.74. The molecular formula is C13H26N2O2. The van der Waals surface area contributed by atoms with Crippen molar-refractivity contribution in [2.45, 2.75) is 20.0 Å². The molecule has 3 unspecified atom stereocenters. The summed E-state index contributed by atoms with van der Waals surface area (Å²) < 4.78 is 11.2. The predicted octanol–water partition coefficient (Wildman–Crippen LogP) is 0.579. The van der Waals surface area contributed by atoms with E-state index in [1.54, 1.807) is 0 Å². The predicted molar refractivity (Wildman–Crippen MR) is 68.2 cm³/mol. The van der Waals surface area contributed by atoms with E-state index in [-0.39, 0.29) is 6.10 Å². The minimum absolute atomic E-state index is 0.274.